The molecule has 0 aliphatic rings. The van der Waals surface area contributed by atoms with Crippen LogP contribution < -0.4 is 4.74 Å². The van der Waals surface area contributed by atoms with E-state index in [1.54, 1.807) is 24.1 Å². The molecule has 0 amide bonds. The normalized spacial score (nSPS) is 10.5. The molecule has 0 bridgehead atoms. The first kappa shape index (κ1) is 12.6. The van der Waals surface area contributed by atoms with Crippen molar-refractivity contribution in [3.63, 3.8) is 0 Å². The van der Waals surface area contributed by atoms with Crippen molar-refractivity contribution in [3.05, 3.63) is 47.9 Å². The van der Waals surface area contributed by atoms with Gasteiger partial charge in [0.1, 0.15) is 12.0 Å². The number of rotatable bonds is 3. The van der Waals surface area contributed by atoms with Gasteiger partial charge in [-0.3, -0.25) is 0 Å². The fourth-order valence-electron chi connectivity index (χ4n) is 1.72. The second-order valence-electron chi connectivity index (χ2n) is 3.98. The SMILES string of the molecule is COc1cc(-n2cc(-c3cccc(Cl)c3)nn2)ncn1. The Hall–Kier alpha value is -2.47. The molecule has 2 heterocycles. The molecule has 0 N–H and O–H groups in total. The van der Waals surface area contributed by atoms with Gasteiger partial charge in [-0.2, -0.15) is 0 Å². The van der Waals surface area contributed by atoms with Crippen LogP contribution in [0, 0.1) is 0 Å². The van der Waals surface area contributed by atoms with Crippen LogP contribution in [0.5, 0.6) is 5.88 Å². The average molecular weight is 288 g/mol. The number of halogens is 1. The molecule has 3 aromatic rings. The van der Waals surface area contributed by atoms with Gasteiger partial charge in [0.15, 0.2) is 5.82 Å². The van der Waals surface area contributed by atoms with Crippen molar-refractivity contribution in [1.29, 1.82) is 0 Å². The van der Waals surface area contributed by atoms with Gasteiger partial charge in [-0.15, -0.1) is 5.10 Å². The van der Waals surface area contributed by atoms with E-state index in [1.807, 2.05) is 24.3 Å². The summed E-state index contributed by atoms with van der Waals surface area (Å²) >= 11 is 5.97. The van der Waals surface area contributed by atoms with Crippen molar-refractivity contribution >= 4 is 11.6 Å². The predicted molar refractivity (Wildman–Crippen MR) is 73.9 cm³/mol. The van der Waals surface area contributed by atoms with E-state index in [2.05, 4.69) is 20.3 Å². The number of aromatic nitrogens is 5. The van der Waals surface area contributed by atoms with Gasteiger partial charge in [-0.25, -0.2) is 14.6 Å². The molecule has 0 saturated carbocycles. The molecule has 0 aliphatic carbocycles. The zero-order valence-electron chi connectivity index (χ0n) is 10.6. The van der Waals surface area contributed by atoms with Gasteiger partial charge in [-0.05, 0) is 12.1 Å². The minimum Gasteiger partial charge on any atom is -0.481 e. The first-order chi connectivity index (χ1) is 9.76. The quantitative estimate of drug-likeness (QED) is 0.740. The molecule has 0 atom stereocenters. The van der Waals surface area contributed by atoms with Gasteiger partial charge in [0.2, 0.25) is 5.88 Å². The fraction of sp³-hybridized carbons (Fsp3) is 0.0769. The number of hydrogen-bond acceptors (Lipinski definition) is 5. The number of methoxy groups -OCH3 is 1. The second kappa shape index (κ2) is 5.26. The summed E-state index contributed by atoms with van der Waals surface area (Å²) in [6.07, 6.45) is 3.18. The Balaban J connectivity index is 1.97. The van der Waals surface area contributed by atoms with Gasteiger partial charge in [0.25, 0.3) is 0 Å². The van der Waals surface area contributed by atoms with E-state index in [4.69, 9.17) is 16.3 Å². The van der Waals surface area contributed by atoms with Crippen molar-refractivity contribution < 1.29 is 4.74 Å². The van der Waals surface area contributed by atoms with Crippen LogP contribution in [-0.2, 0) is 0 Å². The van der Waals surface area contributed by atoms with Gasteiger partial charge in [0.05, 0.1) is 13.3 Å². The Morgan fingerprint density at radius 3 is 2.90 bits per heavy atom. The van der Waals surface area contributed by atoms with Crippen LogP contribution in [-0.4, -0.2) is 32.1 Å². The largest absolute Gasteiger partial charge is 0.481 e. The summed E-state index contributed by atoms with van der Waals surface area (Å²) in [4.78, 5) is 8.07. The van der Waals surface area contributed by atoms with E-state index < -0.39 is 0 Å². The summed E-state index contributed by atoms with van der Waals surface area (Å²) in [6, 6.07) is 9.10. The maximum atomic E-state index is 5.97. The predicted octanol–water partition coefficient (Wildman–Crippen LogP) is 2.39. The summed E-state index contributed by atoms with van der Waals surface area (Å²) in [5, 5.41) is 8.81. The molecule has 0 saturated heterocycles. The molecule has 0 unspecified atom stereocenters. The molecule has 0 spiro atoms. The highest BCUT2D eigenvalue weighted by molar-refractivity contribution is 6.30. The topological polar surface area (TPSA) is 65.7 Å². The van der Waals surface area contributed by atoms with Gasteiger partial charge < -0.3 is 4.74 Å². The van der Waals surface area contributed by atoms with E-state index in [-0.39, 0.29) is 0 Å². The monoisotopic (exact) mass is 287 g/mol. The van der Waals surface area contributed by atoms with Gasteiger partial charge in [0, 0.05) is 16.7 Å². The van der Waals surface area contributed by atoms with E-state index >= 15 is 0 Å². The Bertz CT molecular complexity index is 743. The fourth-order valence-corrected chi connectivity index (χ4v) is 1.91. The zero-order valence-corrected chi connectivity index (χ0v) is 11.3. The van der Waals surface area contributed by atoms with Crippen LogP contribution in [0.15, 0.2) is 42.9 Å². The van der Waals surface area contributed by atoms with Crippen molar-refractivity contribution in [1.82, 2.24) is 25.0 Å². The van der Waals surface area contributed by atoms with E-state index in [1.165, 1.54) is 6.33 Å². The molecule has 0 aliphatic heterocycles. The first-order valence-electron chi connectivity index (χ1n) is 5.81. The van der Waals surface area contributed by atoms with Crippen molar-refractivity contribution in [2.45, 2.75) is 0 Å². The molecule has 1 aromatic carbocycles. The Morgan fingerprint density at radius 1 is 1.20 bits per heavy atom. The Morgan fingerprint density at radius 2 is 2.10 bits per heavy atom. The smallest absolute Gasteiger partial charge is 0.218 e. The summed E-state index contributed by atoms with van der Waals surface area (Å²) in [7, 11) is 1.55. The maximum Gasteiger partial charge on any atom is 0.218 e. The lowest BCUT2D eigenvalue weighted by Gasteiger charge is -2.01. The summed E-state index contributed by atoms with van der Waals surface area (Å²) in [6.45, 7) is 0. The van der Waals surface area contributed by atoms with Crippen LogP contribution in [0.1, 0.15) is 0 Å². The van der Waals surface area contributed by atoms with Crippen molar-refractivity contribution in [3.8, 4) is 23.0 Å². The van der Waals surface area contributed by atoms with Crippen molar-refractivity contribution in [2.75, 3.05) is 7.11 Å². The molecule has 7 heteroatoms. The van der Waals surface area contributed by atoms with E-state index in [0.717, 1.165) is 5.56 Å². The lowest BCUT2D eigenvalue weighted by Crippen LogP contribution is -2.00. The first-order valence-corrected chi connectivity index (χ1v) is 6.19. The summed E-state index contributed by atoms with van der Waals surface area (Å²) in [5.41, 5.74) is 1.61. The third-order valence-corrected chi connectivity index (χ3v) is 2.92. The third-order valence-electron chi connectivity index (χ3n) is 2.69. The van der Waals surface area contributed by atoms with Crippen LogP contribution in [0.25, 0.3) is 17.1 Å². The molecule has 100 valence electrons. The van der Waals surface area contributed by atoms with E-state index in [9.17, 15) is 0 Å². The second-order valence-corrected chi connectivity index (χ2v) is 4.41. The number of nitrogens with zero attached hydrogens (tertiary/aromatic N) is 5. The van der Waals surface area contributed by atoms with Crippen LogP contribution in [0.3, 0.4) is 0 Å². The number of benzene rings is 1. The number of ether oxygens (including phenoxy) is 1. The van der Waals surface area contributed by atoms with Crippen molar-refractivity contribution in [2.24, 2.45) is 0 Å². The zero-order chi connectivity index (χ0) is 13.9. The lowest BCUT2D eigenvalue weighted by atomic mass is 10.2. The molecule has 2 aromatic heterocycles. The molecule has 0 radical (unpaired) electrons. The lowest BCUT2D eigenvalue weighted by molar-refractivity contribution is 0.396. The Kier molecular flexibility index (Phi) is 3.30. The Labute approximate surface area is 120 Å². The van der Waals surface area contributed by atoms with Gasteiger partial charge in [-0.1, -0.05) is 28.9 Å². The third kappa shape index (κ3) is 2.46. The standard InChI is InChI=1S/C13H10ClN5O/c1-20-13-6-12(15-8-16-13)19-7-11(17-18-19)9-3-2-4-10(14)5-9/h2-8H,1H3. The van der Waals surface area contributed by atoms with E-state index in [0.29, 0.717) is 22.4 Å². The summed E-state index contributed by atoms with van der Waals surface area (Å²) in [5.74, 6) is 1.05. The molecule has 3 rings (SSSR count). The average Bonchev–Trinajstić information content (AvgIpc) is 2.97. The highest BCUT2D eigenvalue weighted by atomic mass is 35.5. The molecular weight excluding hydrogens is 278 g/mol. The van der Waals surface area contributed by atoms with Gasteiger partial charge >= 0.3 is 0 Å². The minimum absolute atomic E-state index is 0.467. The molecule has 6 nitrogen and oxygen atoms in total. The van der Waals surface area contributed by atoms with Crippen LogP contribution in [0.2, 0.25) is 5.02 Å². The molecular formula is C13H10ClN5O. The van der Waals surface area contributed by atoms with Crippen LogP contribution in [0.4, 0.5) is 0 Å². The molecule has 20 heavy (non-hydrogen) atoms. The summed E-state index contributed by atoms with van der Waals surface area (Å²) < 4.78 is 6.61. The number of hydrogen-bond donors (Lipinski definition) is 0. The molecule has 0 fully saturated rings. The van der Waals surface area contributed by atoms with Crippen LogP contribution >= 0.6 is 11.6 Å². The highest BCUT2D eigenvalue weighted by Crippen LogP contribution is 2.21. The highest BCUT2D eigenvalue weighted by Gasteiger charge is 2.07. The minimum atomic E-state index is 0.467. The maximum absolute atomic E-state index is 5.97.